The normalized spacial score (nSPS) is 22.0. The van der Waals surface area contributed by atoms with Crippen molar-refractivity contribution < 1.29 is 24.2 Å². The first kappa shape index (κ1) is 15.5. The van der Waals surface area contributed by atoms with Crippen LogP contribution in [0.3, 0.4) is 0 Å². The van der Waals surface area contributed by atoms with Gasteiger partial charge in [0.05, 0.1) is 18.7 Å². The van der Waals surface area contributed by atoms with Crippen molar-refractivity contribution >= 4 is 11.9 Å². The minimum Gasteiger partial charge on any atom is -0.480 e. The van der Waals surface area contributed by atoms with Crippen LogP contribution in [0, 0.1) is 13.8 Å². The fourth-order valence-corrected chi connectivity index (χ4v) is 2.70. The Balaban J connectivity index is 2.08. The van der Waals surface area contributed by atoms with Crippen molar-refractivity contribution in [2.24, 2.45) is 0 Å². The van der Waals surface area contributed by atoms with Gasteiger partial charge in [-0.25, -0.2) is 0 Å². The minimum absolute atomic E-state index is 0.173. The van der Waals surface area contributed by atoms with Crippen LogP contribution in [-0.2, 0) is 4.79 Å². The zero-order chi connectivity index (χ0) is 15.7. The van der Waals surface area contributed by atoms with E-state index in [2.05, 4.69) is 0 Å². The molecule has 21 heavy (non-hydrogen) atoms. The highest BCUT2D eigenvalue weighted by molar-refractivity contribution is 5.93. The molecule has 1 saturated heterocycles. The Hall–Kier alpha value is -1.86. The van der Waals surface area contributed by atoms with E-state index in [0.29, 0.717) is 5.76 Å². The van der Waals surface area contributed by atoms with Crippen molar-refractivity contribution in [3.8, 4) is 0 Å². The van der Waals surface area contributed by atoms with Crippen molar-refractivity contribution in [3.05, 3.63) is 23.2 Å². The van der Waals surface area contributed by atoms with Crippen molar-refractivity contribution in [1.29, 1.82) is 0 Å². The predicted molar refractivity (Wildman–Crippen MR) is 74.1 cm³/mol. The number of rotatable bonds is 4. The second kappa shape index (κ2) is 5.87. The summed E-state index contributed by atoms with van der Waals surface area (Å²) in [6.07, 6.45) is -0.769. The number of furan rings is 1. The molecule has 1 aromatic rings. The number of carboxylic acid groups (broad SMARTS) is 1. The van der Waals surface area contributed by atoms with E-state index in [1.165, 1.54) is 4.90 Å². The lowest BCUT2D eigenvalue weighted by molar-refractivity contribution is -0.138. The van der Waals surface area contributed by atoms with Crippen LogP contribution in [-0.4, -0.2) is 70.7 Å². The first-order valence-electron chi connectivity index (χ1n) is 6.76. The van der Waals surface area contributed by atoms with Crippen LogP contribution >= 0.6 is 0 Å². The van der Waals surface area contributed by atoms with Crippen molar-refractivity contribution in [2.45, 2.75) is 26.0 Å². The summed E-state index contributed by atoms with van der Waals surface area (Å²) in [4.78, 5) is 26.2. The summed E-state index contributed by atoms with van der Waals surface area (Å²) >= 11 is 0. The van der Waals surface area contributed by atoms with E-state index >= 15 is 0 Å². The SMILES string of the molecule is Cc1cc(C)c(C(=O)N2C[C@@H](O)[C@@H](N(C)CC(=O)O)C2)o1. The van der Waals surface area contributed by atoms with Crippen LogP contribution in [0.1, 0.15) is 21.9 Å². The molecular formula is C14H20N2O5. The molecule has 0 radical (unpaired) electrons. The second-order valence-corrected chi connectivity index (χ2v) is 5.52. The fourth-order valence-electron chi connectivity index (χ4n) is 2.70. The monoisotopic (exact) mass is 296 g/mol. The largest absolute Gasteiger partial charge is 0.480 e. The quantitative estimate of drug-likeness (QED) is 0.818. The molecule has 7 nitrogen and oxygen atoms in total. The molecule has 1 aromatic heterocycles. The second-order valence-electron chi connectivity index (χ2n) is 5.52. The number of nitrogens with zero attached hydrogens (tertiary/aromatic N) is 2. The molecule has 2 rings (SSSR count). The van der Waals surface area contributed by atoms with Gasteiger partial charge in [0.25, 0.3) is 5.91 Å². The molecule has 2 heterocycles. The number of carbonyl (C=O) groups excluding carboxylic acids is 1. The van der Waals surface area contributed by atoms with Gasteiger partial charge in [0.15, 0.2) is 5.76 Å². The lowest BCUT2D eigenvalue weighted by atomic mass is 10.2. The molecule has 0 bridgehead atoms. The minimum atomic E-state index is -0.966. The number of aliphatic hydroxyl groups excluding tert-OH is 1. The number of carbonyl (C=O) groups is 2. The first-order valence-corrected chi connectivity index (χ1v) is 6.76. The van der Waals surface area contributed by atoms with E-state index in [1.54, 1.807) is 31.9 Å². The summed E-state index contributed by atoms with van der Waals surface area (Å²) in [7, 11) is 1.62. The van der Waals surface area contributed by atoms with E-state index in [-0.39, 0.29) is 37.3 Å². The number of hydrogen-bond donors (Lipinski definition) is 2. The standard InChI is InChI=1S/C14H20N2O5/c1-8-4-9(2)21-13(8)14(20)16-5-10(11(17)6-16)15(3)7-12(18)19/h4,10-11,17H,5-7H2,1-3H3,(H,18,19)/t10-,11+/m0/s1. The third-order valence-corrected chi connectivity index (χ3v) is 3.73. The number of aliphatic carboxylic acids is 1. The Kier molecular flexibility index (Phi) is 4.34. The molecule has 0 spiro atoms. The van der Waals surface area contributed by atoms with E-state index in [0.717, 1.165) is 5.56 Å². The summed E-state index contributed by atoms with van der Waals surface area (Å²) in [6.45, 7) is 3.84. The maximum Gasteiger partial charge on any atom is 0.317 e. The number of β-amino-alcohol motifs (C(OH)–C–C–N with tert-alkyl or cyclic N) is 1. The summed E-state index contributed by atoms with van der Waals surface area (Å²) in [6, 6.07) is 1.40. The molecule has 2 N–H and O–H groups in total. The molecule has 7 heteroatoms. The van der Waals surface area contributed by atoms with Gasteiger partial charge in [-0.05, 0) is 27.0 Å². The molecule has 1 aliphatic rings. The van der Waals surface area contributed by atoms with E-state index in [9.17, 15) is 14.7 Å². The maximum atomic E-state index is 12.4. The molecule has 0 saturated carbocycles. The van der Waals surface area contributed by atoms with Crippen LogP contribution in [0.15, 0.2) is 10.5 Å². The van der Waals surface area contributed by atoms with Gasteiger partial charge < -0.3 is 19.5 Å². The van der Waals surface area contributed by atoms with Gasteiger partial charge in [0, 0.05) is 18.7 Å². The molecule has 1 amide bonds. The van der Waals surface area contributed by atoms with Crippen molar-refractivity contribution in [3.63, 3.8) is 0 Å². The van der Waals surface area contributed by atoms with E-state index < -0.39 is 12.1 Å². The molecule has 1 fully saturated rings. The fraction of sp³-hybridized carbons (Fsp3) is 0.571. The number of likely N-dealkylation sites (N-methyl/N-ethyl adjacent to an activating group) is 1. The molecule has 116 valence electrons. The number of likely N-dealkylation sites (tertiary alicyclic amines) is 1. The summed E-state index contributed by atoms with van der Waals surface area (Å²) in [5, 5.41) is 18.9. The molecule has 2 atom stereocenters. The van der Waals surface area contributed by atoms with Gasteiger partial charge in [0.1, 0.15) is 5.76 Å². The highest BCUT2D eigenvalue weighted by Gasteiger charge is 2.38. The third-order valence-electron chi connectivity index (χ3n) is 3.73. The molecule has 0 unspecified atom stereocenters. The van der Waals surface area contributed by atoms with Crippen LogP contribution in [0.2, 0.25) is 0 Å². The summed E-state index contributed by atoms with van der Waals surface area (Å²) in [5.74, 6) is -0.297. The average molecular weight is 296 g/mol. The van der Waals surface area contributed by atoms with E-state index in [1.807, 2.05) is 0 Å². The third kappa shape index (κ3) is 3.25. The van der Waals surface area contributed by atoms with Gasteiger partial charge in [-0.1, -0.05) is 0 Å². The average Bonchev–Trinajstić information content (AvgIpc) is 2.90. The van der Waals surface area contributed by atoms with Crippen LogP contribution < -0.4 is 0 Å². The summed E-state index contributed by atoms with van der Waals surface area (Å²) < 4.78 is 5.40. The topological polar surface area (TPSA) is 94.2 Å². The Labute approximate surface area is 122 Å². The van der Waals surface area contributed by atoms with Gasteiger partial charge in [0.2, 0.25) is 0 Å². The Bertz CT molecular complexity index is 554. The Morgan fingerprint density at radius 2 is 2.10 bits per heavy atom. The lowest BCUT2D eigenvalue weighted by Gasteiger charge is -2.24. The molecule has 1 aliphatic heterocycles. The number of aliphatic hydroxyl groups is 1. The van der Waals surface area contributed by atoms with Gasteiger partial charge in [-0.15, -0.1) is 0 Å². The van der Waals surface area contributed by atoms with Gasteiger partial charge >= 0.3 is 5.97 Å². The highest BCUT2D eigenvalue weighted by Crippen LogP contribution is 2.21. The molecule has 0 aliphatic carbocycles. The maximum absolute atomic E-state index is 12.4. The van der Waals surface area contributed by atoms with Crippen LogP contribution in [0.25, 0.3) is 0 Å². The smallest absolute Gasteiger partial charge is 0.317 e. The van der Waals surface area contributed by atoms with Crippen LogP contribution in [0.5, 0.6) is 0 Å². The van der Waals surface area contributed by atoms with Crippen molar-refractivity contribution in [1.82, 2.24) is 9.80 Å². The first-order chi connectivity index (χ1) is 9.79. The molecular weight excluding hydrogens is 276 g/mol. The van der Waals surface area contributed by atoms with Gasteiger partial charge in [-0.3, -0.25) is 14.5 Å². The van der Waals surface area contributed by atoms with Crippen LogP contribution in [0.4, 0.5) is 0 Å². The molecule has 0 aromatic carbocycles. The van der Waals surface area contributed by atoms with Gasteiger partial charge in [-0.2, -0.15) is 0 Å². The number of amides is 1. The lowest BCUT2D eigenvalue weighted by Crippen LogP contribution is -2.43. The predicted octanol–water partition coefficient (Wildman–Crippen LogP) is 0.0981. The summed E-state index contributed by atoms with van der Waals surface area (Å²) in [5.41, 5.74) is 0.759. The number of hydrogen-bond acceptors (Lipinski definition) is 5. The Morgan fingerprint density at radius 3 is 2.62 bits per heavy atom. The van der Waals surface area contributed by atoms with Crippen molar-refractivity contribution in [2.75, 3.05) is 26.7 Å². The van der Waals surface area contributed by atoms with E-state index in [4.69, 9.17) is 9.52 Å². The Morgan fingerprint density at radius 1 is 1.43 bits per heavy atom. The highest BCUT2D eigenvalue weighted by atomic mass is 16.4. The number of carboxylic acids is 1. The zero-order valence-electron chi connectivity index (χ0n) is 12.4. The number of aryl methyl sites for hydroxylation is 2. The zero-order valence-corrected chi connectivity index (χ0v) is 12.4.